The number of benzene rings is 4. The fourth-order valence-electron chi connectivity index (χ4n) is 7.74. The lowest BCUT2D eigenvalue weighted by Crippen LogP contribution is -2.35. The van der Waals surface area contributed by atoms with E-state index in [9.17, 15) is 45.5 Å². The molecule has 0 spiro atoms. The van der Waals surface area contributed by atoms with Crippen molar-refractivity contribution >= 4 is 129 Å². The normalized spacial score (nSPS) is 11.3. The molecule has 8 rings (SSSR count). The first-order chi connectivity index (χ1) is 42.0. The van der Waals surface area contributed by atoms with Crippen LogP contribution in [0.25, 0.3) is 0 Å². The van der Waals surface area contributed by atoms with E-state index in [-0.39, 0.29) is 47.1 Å². The van der Waals surface area contributed by atoms with Crippen molar-refractivity contribution in [2.75, 3.05) is 49.2 Å². The van der Waals surface area contributed by atoms with Gasteiger partial charge in [-0.05, 0) is 155 Å². The van der Waals surface area contributed by atoms with E-state index >= 15 is 0 Å². The molecule has 0 aliphatic heterocycles. The van der Waals surface area contributed by atoms with Gasteiger partial charge in [0.25, 0.3) is 0 Å². The van der Waals surface area contributed by atoms with Crippen LogP contribution in [0, 0.1) is 41.5 Å². The first kappa shape index (κ1) is 72.3. The number of carbonyl (C=O) groups excluding carboxylic acids is 4. The Bertz CT molecular complexity index is 3930. The van der Waals surface area contributed by atoms with Crippen LogP contribution in [0.4, 0.5) is 115 Å². The van der Waals surface area contributed by atoms with Crippen molar-refractivity contribution in [2.45, 2.75) is 107 Å². The number of aliphatic hydroxyl groups excluding tert-OH is 1. The van der Waals surface area contributed by atoms with E-state index in [1.165, 1.54) is 24.4 Å². The van der Waals surface area contributed by atoms with Gasteiger partial charge in [-0.15, -0.1) is 17.5 Å². The summed E-state index contributed by atoms with van der Waals surface area (Å²) in [4.78, 5) is 70.6. The van der Waals surface area contributed by atoms with Crippen molar-refractivity contribution in [3.8, 4) is 0 Å². The number of aliphatic hydroxyl groups is 1. The monoisotopic (exact) mass is 1330 g/mol. The van der Waals surface area contributed by atoms with E-state index in [0.717, 1.165) is 63.3 Å². The molecule has 0 fully saturated rings. The molecule has 8 aromatic rings. The third-order valence-electron chi connectivity index (χ3n) is 11.9. The molecule has 9 N–H and O–H groups in total. The van der Waals surface area contributed by atoms with Gasteiger partial charge in [0.15, 0.2) is 17.5 Å². The SMILES string of the molecule is CO.Cc1cc(Nc2nc(Nc3cc(NC(=O)Nc4ccc(Cl)c(C(F)(F)F)c4)ccc3C)ncc2C)n[nH]1.Cc1ccc(NC(=O)Nc2ccc(Cl)c(C(F)(F)F)c2)cc1Nc1ncc(C)c(N(C(=O)OC(C)(C)C)c2cc(C)n(C(=O)OC(C)(C)C)n2)n1.Cl. The van der Waals surface area contributed by atoms with Gasteiger partial charge >= 0.3 is 36.6 Å². The molecule has 0 radical (unpaired) electrons. The highest BCUT2D eigenvalue weighted by molar-refractivity contribution is 6.32. The predicted octanol–water partition coefficient (Wildman–Crippen LogP) is 16.5. The first-order valence-electron chi connectivity index (χ1n) is 26.9. The van der Waals surface area contributed by atoms with E-state index in [1.807, 2.05) is 26.8 Å². The zero-order valence-corrected chi connectivity index (χ0v) is 53.5. The standard InChI is InChI=1S/C34H38ClF3N8O5.C24H22ClF3N8O.CH4O.ClH/c1-18-10-11-22(41-29(47)40-21-12-13-24(35)23(15-21)34(36,37)38)16-25(18)42-28-39-17-19(2)27(43-28)45(30(48)50-32(4,5)6)26-14-20(3)46(44-26)31(49)51-33(7,8)9;1-12-4-5-16(31-23(37)30-15-6-7-18(25)17(9-15)24(26,27)28)10-19(12)32-22-29-11-13(2)21(34-22)33-20-8-14(3)35-36-20;1-2;/h10-17H,1-9H3,(H,39,42,43)(H2,40,41,47);4-11H,1-3H3,(H2,30,31,37)(H3,29,32,33,34,35,36);2H,1H3;1H. The summed E-state index contributed by atoms with van der Waals surface area (Å²) >= 11 is 11.3. The Morgan fingerprint density at radius 1 is 0.571 bits per heavy atom. The molecular formula is C59H65Cl3F6N16O7. The number of ether oxygens (including phenoxy) is 2. The molecule has 486 valence electrons. The van der Waals surface area contributed by atoms with Gasteiger partial charge in [0.05, 0.1) is 26.9 Å². The zero-order valence-electron chi connectivity index (χ0n) is 51.1. The molecule has 0 atom stereocenters. The van der Waals surface area contributed by atoms with Gasteiger partial charge in [-0.2, -0.15) is 46.1 Å². The molecule has 23 nitrogen and oxygen atoms in total. The minimum Gasteiger partial charge on any atom is -0.443 e. The molecule has 4 aromatic carbocycles. The quantitative estimate of drug-likeness (QED) is 0.0514. The number of nitrogens with zero attached hydrogens (tertiary/aromatic N) is 8. The molecule has 0 bridgehead atoms. The number of aryl methyl sites for hydroxylation is 6. The Morgan fingerprint density at radius 2 is 1.01 bits per heavy atom. The minimum absolute atomic E-state index is 0. The van der Waals surface area contributed by atoms with Crippen LogP contribution >= 0.6 is 35.6 Å². The Balaban J connectivity index is 0.000000333. The number of hydrogen-bond acceptors (Lipinski definition) is 16. The van der Waals surface area contributed by atoms with Crippen LogP contribution in [0.15, 0.2) is 97.3 Å². The Morgan fingerprint density at radius 3 is 1.45 bits per heavy atom. The van der Waals surface area contributed by atoms with Crippen LogP contribution in [0.5, 0.6) is 0 Å². The highest BCUT2D eigenvalue weighted by Crippen LogP contribution is 2.38. The molecular weight excluding hydrogens is 1270 g/mol. The number of carbonyl (C=O) groups is 4. The summed E-state index contributed by atoms with van der Waals surface area (Å²) in [5.74, 6) is 1.68. The molecule has 0 saturated heterocycles. The largest absolute Gasteiger partial charge is 0.443 e. The Kier molecular flexibility index (Phi) is 23.8. The highest BCUT2D eigenvalue weighted by Gasteiger charge is 2.35. The average molecular weight is 1330 g/mol. The van der Waals surface area contributed by atoms with Crippen molar-refractivity contribution in [3.63, 3.8) is 0 Å². The predicted molar refractivity (Wildman–Crippen MR) is 340 cm³/mol. The maximum atomic E-state index is 13.7. The zero-order chi connectivity index (χ0) is 66.8. The van der Waals surface area contributed by atoms with Gasteiger partial charge in [0.1, 0.15) is 17.0 Å². The summed E-state index contributed by atoms with van der Waals surface area (Å²) < 4.78 is 91.3. The van der Waals surface area contributed by atoms with Gasteiger partial charge in [-0.25, -0.2) is 34.0 Å². The highest BCUT2D eigenvalue weighted by atomic mass is 35.5. The fraction of sp³-hybridized carbons (Fsp3) is 0.288. The van der Waals surface area contributed by atoms with E-state index < -0.39 is 69.0 Å². The Labute approximate surface area is 534 Å². The van der Waals surface area contributed by atoms with Crippen molar-refractivity contribution in [2.24, 2.45) is 0 Å². The summed E-state index contributed by atoms with van der Waals surface area (Å²) in [5, 5.41) is 36.7. The van der Waals surface area contributed by atoms with Crippen LogP contribution in [-0.4, -0.2) is 87.6 Å². The van der Waals surface area contributed by atoms with Gasteiger partial charge in [-0.1, -0.05) is 35.3 Å². The maximum absolute atomic E-state index is 13.7. The molecule has 91 heavy (non-hydrogen) atoms. The molecule has 0 unspecified atom stereocenters. The molecule has 4 heterocycles. The smallest absolute Gasteiger partial charge is 0.435 e. The van der Waals surface area contributed by atoms with Crippen LogP contribution in [0.2, 0.25) is 10.0 Å². The van der Waals surface area contributed by atoms with Crippen LogP contribution < -0.4 is 42.1 Å². The van der Waals surface area contributed by atoms with Crippen LogP contribution in [0.1, 0.15) is 86.3 Å². The maximum Gasteiger partial charge on any atom is 0.435 e. The number of urea groups is 2. The third-order valence-corrected chi connectivity index (χ3v) is 12.5. The summed E-state index contributed by atoms with van der Waals surface area (Å²) in [6.45, 7) is 21.0. The van der Waals surface area contributed by atoms with Crippen molar-refractivity contribution < 1.29 is 60.1 Å². The van der Waals surface area contributed by atoms with E-state index in [0.29, 0.717) is 45.9 Å². The van der Waals surface area contributed by atoms with Gasteiger partial charge in [0.2, 0.25) is 11.9 Å². The second kappa shape index (κ2) is 29.9. The number of aromatic nitrogens is 8. The van der Waals surface area contributed by atoms with Gasteiger partial charge < -0.3 is 51.8 Å². The lowest BCUT2D eigenvalue weighted by atomic mass is 10.2. The first-order valence-corrected chi connectivity index (χ1v) is 27.6. The summed E-state index contributed by atoms with van der Waals surface area (Å²) in [6.07, 6.45) is -7.77. The number of halogens is 9. The number of rotatable bonds is 12. The lowest BCUT2D eigenvalue weighted by Gasteiger charge is -2.26. The number of alkyl halides is 6. The lowest BCUT2D eigenvalue weighted by molar-refractivity contribution is -0.138. The minimum atomic E-state index is -4.70. The average Bonchev–Trinajstić information content (AvgIpc) is 1.79. The number of aromatic amines is 1. The van der Waals surface area contributed by atoms with Crippen molar-refractivity contribution in [3.05, 3.63) is 152 Å². The van der Waals surface area contributed by atoms with Gasteiger partial charge in [-0.3, -0.25) is 5.10 Å². The molecule has 32 heteroatoms. The van der Waals surface area contributed by atoms with Crippen molar-refractivity contribution in [1.82, 2.24) is 39.9 Å². The summed E-state index contributed by atoms with van der Waals surface area (Å²) in [5.41, 5.74) is 1.91. The second-order valence-electron chi connectivity index (χ2n) is 21.7. The Hall–Kier alpha value is -9.45. The number of hydrogen-bond donors (Lipinski definition) is 9. The summed E-state index contributed by atoms with van der Waals surface area (Å²) in [7, 11) is 1.00. The number of nitrogens with one attached hydrogen (secondary N) is 8. The van der Waals surface area contributed by atoms with E-state index in [1.54, 1.807) is 105 Å². The number of amides is 5. The molecule has 0 aliphatic carbocycles. The summed E-state index contributed by atoms with van der Waals surface area (Å²) in [6, 6.07) is 17.9. The molecule has 5 amide bonds. The van der Waals surface area contributed by atoms with Gasteiger partial charge in [0, 0.05) is 82.6 Å². The second-order valence-corrected chi connectivity index (χ2v) is 22.5. The molecule has 4 aromatic heterocycles. The molecule has 0 aliphatic rings. The number of anilines is 12. The van der Waals surface area contributed by atoms with E-state index in [2.05, 4.69) is 72.4 Å². The number of H-pyrrole nitrogens is 1. The molecule has 0 saturated carbocycles. The van der Waals surface area contributed by atoms with Crippen molar-refractivity contribution in [1.29, 1.82) is 0 Å². The van der Waals surface area contributed by atoms with Crippen LogP contribution in [-0.2, 0) is 21.8 Å². The van der Waals surface area contributed by atoms with E-state index in [4.69, 9.17) is 37.8 Å². The third kappa shape index (κ3) is 20.5. The fourth-order valence-corrected chi connectivity index (χ4v) is 8.19. The van der Waals surface area contributed by atoms with Crippen LogP contribution in [0.3, 0.4) is 0 Å². The topological polar surface area (TPSA) is 292 Å².